The molecule has 0 saturated carbocycles. The van der Waals surface area contributed by atoms with E-state index in [1.54, 1.807) is 6.20 Å². The van der Waals surface area contributed by atoms with Crippen LogP contribution in [0.2, 0.25) is 0 Å². The van der Waals surface area contributed by atoms with E-state index >= 15 is 0 Å². The maximum Gasteiger partial charge on any atom is 0.225 e. The number of rotatable bonds is 6. The largest absolute Gasteiger partial charge is 0.311 e. The third-order valence-corrected chi connectivity index (χ3v) is 3.71. The predicted octanol–water partition coefficient (Wildman–Crippen LogP) is 3.67. The van der Waals surface area contributed by atoms with Crippen LogP contribution in [0.3, 0.4) is 0 Å². The third-order valence-electron chi connectivity index (χ3n) is 3.71. The lowest BCUT2D eigenvalue weighted by Gasteiger charge is -2.05. The van der Waals surface area contributed by atoms with Crippen LogP contribution in [0.1, 0.15) is 18.4 Å². The van der Waals surface area contributed by atoms with Gasteiger partial charge in [0.2, 0.25) is 5.91 Å². The molecular formula is C19H20N4O. The molecule has 0 saturated heterocycles. The minimum absolute atomic E-state index is 0.0245. The molecule has 0 radical (unpaired) electrons. The number of pyridine rings is 1. The number of carbonyl (C=O) groups is 1. The second-order valence-corrected chi connectivity index (χ2v) is 5.73. The third kappa shape index (κ3) is 4.29. The molecule has 0 aliphatic carbocycles. The summed E-state index contributed by atoms with van der Waals surface area (Å²) in [4.78, 5) is 16.1. The van der Waals surface area contributed by atoms with Gasteiger partial charge < -0.3 is 5.32 Å². The van der Waals surface area contributed by atoms with Crippen molar-refractivity contribution in [1.82, 2.24) is 14.8 Å². The normalized spacial score (nSPS) is 10.5. The average molecular weight is 320 g/mol. The number of hydrogen-bond donors (Lipinski definition) is 1. The fourth-order valence-electron chi connectivity index (χ4n) is 2.48. The fourth-order valence-corrected chi connectivity index (χ4v) is 2.48. The summed E-state index contributed by atoms with van der Waals surface area (Å²) in [7, 11) is 0. The monoisotopic (exact) mass is 320 g/mol. The number of nitrogens with one attached hydrogen (secondary N) is 1. The zero-order valence-corrected chi connectivity index (χ0v) is 13.6. The molecule has 122 valence electrons. The highest BCUT2D eigenvalue weighted by molar-refractivity contribution is 5.89. The first-order valence-corrected chi connectivity index (χ1v) is 8.01. The highest BCUT2D eigenvalue weighted by Gasteiger charge is 2.05. The maximum absolute atomic E-state index is 12.0. The number of carbonyl (C=O) groups excluding carboxylic acids is 1. The first-order chi connectivity index (χ1) is 11.7. The Hall–Kier alpha value is -2.95. The lowest BCUT2D eigenvalue weighted by atomic mass is 10.1. The summed E-state index contributed by atoms with van der Waals surface area (Å²) in [5.74, 6) is 0.578. The van der Waals surface area contributed by atoms with Crippen LogP contribution in [-0.2, 0) is 11.3 Å². The first kappa shape index (κ1) is 15.9. The number of aromatic nitrogens is 3. The van der Waals surface area contributed by atoms with Crippen molar-refractivity contribution in [1.29, 1.82) is 0 Å². The van der Waals surface area contributed by atoms with Crippen molar-refractivity contribution in [2.24, 2.45) is 0 Å². The van der Waals surface area contributed by atoms with Gasteiger partial charge in [0, 0.05) is 30.9 Å². The van der Waals surface area contributed by atoms with Crippen LogP contribution in [0.5, 0.6) is 0 Å². The van der Waals surface area contributed by atoms with Gasteiger partial charge in [-0.25, -0.2) is 4.98 Å². The van der Waals surface area contributed by atoms with E-state index in [2.05, 4.69) is 27.5 Å². The summed E-state index contributed by atoms with van der Waals surface area (Å²) in [6.45, 7) is 2.68. The Morgan fingerprint density at radius 1 is 1.17 bits per heavy atom. The van der Waals surface area contributed by atoms with Gasteiger partial charge in [0.1, 0.15) is 5.82 Å². The summed E-state index contributed by atoms with van der Waals surface area (Å²) in [6.07, 6.45) is 6.73. The van der Waals surface area contributed by atoms with Crippen LogP contribution in [0, 0.1) is 6.92 Å². The SMILES string of the molecule is Cc1ccnc(NC(=O)CCCn2cc(-c3ccccc3)cn2)c1. The fraction of sp³-hybridized carbons (Fsp3) is 0.211. The second-order valence-electron chi connectivity index (χ2n) is 5.73. The van der Waals surface area contributed by atoms with Crippen molar-refractivity contribution in [2.75, 3.05) is 5.32 Å². The summed E-state index contributed by atoms with van der Waals surface area (Å²) < 4.78 is 1.88. The molecule has 0 aliphatic heterocycles. The summed E-state index contributed by atoms with van der Waals surface area (Å²) in [5.41, 5.74) is 3.31. The van der Waals surface area contributed by atoms with E-state index in [4.69, 9.17) is 0 Å². The molecular weight excluding hydrogens is 300 g/mol. The average Bonchev–Trinajstić information content (AvgIpc) is 3.04. The van der Waals surface area contributed by atoms with Crippen LogP contribution in [0.25, 0.3) is 11.1 Å². The quantitative estimate of drug-likeness (QED) is 0.754. The number of amides is 1. The van der Waals surface area contributed by atoms with E-state index in [1.807, 2.05) is 54.3 Å². The molecule has 24 heavy (non-hydrogen) atoms. The van der Waals surface area contributed by atoms with Gasteiger partial charge in [-0.05, 0) is 36.6 Å². The van der Waals surface area contributed by atoms with Gasteiger partial charge in [0.05, 0.1) is 6.20 Å². The zero-order valence-electron chi connectivity index (χ0n) is 13.6. The molecule has 0 fully saturated rings. The molecule has 0 unspecified atom stereocenters. The van der Waals surface area contributed by atoms with Crippen LogP contribution >= 0.6 is 0 Å². The van der Waals surface area contributed by atoms with E-state index in [1.165, 1.54) is 0 Å². The Kier molecular flexibility index (Phi) is 5.01. The minimum Gasteiger partial charge on any atom is -0.311 e. The van der Waals surface area contributed by atoms with Crippen molar-refractivity contribution < 1.29 is 4.79 Å². The summed E-state index contributed by atoms with van der Waals surface area (Å²) >= 11 is 0. The Bertz CT molecular complexity index is 811. The predicted molar refractivity (Wildman–Crippen MR) is 94.5 cm³/mol. The van der Waals surface area contributed by atoms with Gasteiger partial charge in [-0.1, -0.05) is 30.3 Å². The van der Waals surface area contributed by atoms with Gasteiger partial charge >= 0.3 is 0 Å². The van der Waals surface area contributed by atoms with Crippen LogP contribution in [0.15, 0.2) is 61.1 Å². The Morgan fingerprint density at radius 3 is 2.79 bits per heavy atom. The number of hydrogen-bond acceptors (Lipinski definition) is 3. The summed E-state index contributed by atoms with van der Waals surface area (Å²) in [5, 5.41) is 7.18. The standard InChI is InChI=1S/C19H20N4O/c1-15-9-10-20-18(12-15)22-19(24)8-5-11-23-14-17(13-21-23)16-6-3-2-4-7-16/h2-4,6-7,9-10,12-14H,5,8,11H2,1H3,(H,20,22,24). The van der Waals surface area contributed by atoms with Crippen molar-refractivity contribution in [3.8, 4) is 11.1 Å². The second kappa shape index (κ2) is 7.55. The number of aryl methyl sites for hydroxylation is 2. The van der Waals surface area contributed by atoms with Crippen molar-refractivity contribution in [3.05, 3.63) is 66.6 Å². The van der Waals surface area contributed by atoms with E-state index in [-0.39, 0.29) is 5.91 Å². The summed E-state index contributed by atoms with van der Waals surface area (Å²) in [6, 6.07) is 13.9. The molecule has 1 amide bonds. The zero-order chi connectivity index (χ0) is 16.8. The number of benzene rings is 1. The molecule has 2 heterocycles. The Labute approximate surface area is 141 Å². The molecule has 5 heteroatoms. The van der Waals surface area contributed by atoms with Gasteiger partial charge in [-0.15, -0.1) is 0 Å². The van der Waals surface area contributed by atoms with Gasteiger partial charge in [0.25, 0.3) is 0 Å². The van der Waals surface area contributed by atoms with Gasteiger partial charge in [-0.2, -0.15) is 5.10 Å². The minimum atomic E-state index is -0.0245. The van der Waals surface area contributed by atoms with E-state index < -0.39 is 0 Å². The lowest BCUT2D eigenvalue weighted by Crippen LogP contribution is -2.13. The van der Waals surface area contributed by atoms with Crippen molar-refractivity contribution in [2.45, 2.75) is 26.3 Å². The molecule has 0 spiro atoms. The van der Waals surface area contributed by atoms with Crippen LogP contribution in [0.4, 0.5) is 5.82 Å². The molecule has 0 aliphatic rings. The van der Waals surface area contributed by atoms with Gasteiger partial charge in [-0.3, -0.25) is 9.48 Å². The lowest BCUT2D eigenvalue weighted by molar-refractivity contribution is -0.116. The van der Waals surface area contributed by atoms with Gasteiger partial charge in [0.15, 0.2) is 0 Å². The molecule has 2 aromatic heterocycles. The molecule has 0 bridgehead atoms. The molecule has 5 nitrogen and oxygen atoms in total. The Balaban J connectivity index is 1.48. The topological polar surface area (TPSA) is 59.8 Å². The maximum atomic E-state index is 12.0. The molecule has 1 aromatic carbocycles. The van der Waals surface area contributed by atoms with Crippen molar-refractivity contribution >= 4 is 11.7 Å². The number of nitrogens with zero attached hydrogens (tertiary/aromatic N) is 3. The Morgan fingerprint density at radius 2 is 2.00 bits per heavy atom. The van der Waals surface area contributed by atoms with Crippen LogP contribution < -0.4 is 5.32 Å². The highest BCUT2D eigenvalue weighted by atomic mass is 16.1. The molecule has 0 atom stereocenters. The van der Waals surface area contributed by atoms with Crippen molar-refractivity contribution in [3.63, 3.8) is 0 Å². The van der Waals surface area contributed by atoms with E-state index in [0.29, 0.717) is 18.8 Å². The van der Waals surface area contributed by atoms with E-state index in [0.717, 1.165) is 23.1 Å². The molecule has 1 N–H and O–H groups in total. The molecule has 3 aromatic rings. The number of anilines is 1. The van der Waals surface area contributed by atoms with Crippen LogP contribution in [-0.4, -0.2) is 20.7 Å². The highest BCUT2D eigenvalue weighted by Crippen LogP contribution is 2.17. The smallest absolute Gasteiger partial charge is 0.225 e. The first-order valence-electron chi connectivity index (χ1n) is 8.01. The van der Waals surface area contributed by atoms with E-state index in [9.17, 15) is 4.79 Å². The molecule has 3 rings (SSSR count).